The second kappa shape index (κ2) is 7.53. The Kier molecular flexibility index (Phi) is 5.14. The summed E-state index contributed by atoms with van der Waals surface area (Å²) in [7, 11) is 0. The first kappa shape index (κ1) is 17.7. The van der Waals surface area contributed by atoms with Crippen LogP contribution >= 0.6 is 11.3 Å². The van der Waals surface area contributed by atoms with Crippen LogP contribution < -0.4 is 5.32 Å². The van der Waals surface area contributed by atoms with Crippen molar-refractivity contribution in [1.82, 2.24) is 10.2 Å². The van der Waals surface area contributed by atoms with Crippen molar-refractivity contribution < 1.29 is 14.7 Å². The van der Waals surface area contributed by atoms with Gasteiger partial charge in [0.1, 0.15) is 0 Å². The molecule has 0 aromatic carbocycles. The number of hydrogen-bond acceptors (Lipinski definition) is 4. The van der Waals surface area contributed by atoms with Crippen LogP contribution in [0.1, 0.15) is 24.1 Å². The molecule has 2 bridgehead atoms. The van der Waals surface area contributed by atoms with Gasteiger partial charge in [0.15, 0.2) is 0 Å². The number of fused-ring (bicyclic) bond motifs is 2. The Morgan fingerprint density at radius 2 is 2.08 bits per heavy atom. The number of carboxylic acids is 1. The number of hydrogen-bond donors (Lipinski definition) is 2. The average Bonchev–Trinajstić information content (AvgIpc) is 3.36. The van der Waals surface area contributed by atoms with Crippen LogP contribution in [0.3, 0.4) is 0 Å². The van der Waals surface area contributed by atoms with Gasteiger partial charge in [-0.3, -0.25) is 14.5 Å². The molecule has 1 aromatic heterocycles. The van der Waals surface area contributed by atoms with E-state index in [-0.39, 0.29) is 17.7 Å². The molecule has 26 heavy (non-hydrogen) atoms. The molecular weight excluding hydrogens is 348 g/mol. The van der Waals surface area contributed by atoms with Gasteiger partial charge >= 0.3 is 5.97 Å². The third kappa shape index (κ3) is 3.58. The molecule has 2 aliphatic carbocycles. The van der Waals surface area contributed by atoms with Gasteiger partial charge in [0.25, 0.3) is 0 Å². The Morgan fingerprint density at radius 3 is 2.81 bits per heavy atom. The van der Waals surface area contributed by atoms with Crippen molar-refractivity contribution in [2.24, 2.45) is 29.6 Å². The number of aliphatic carboxylic acids is 1. The van der Waals surface area contributed by atoms with Gasteiger partial charge in [0, 0.05) is 24.5 Å². The fourth-order valence-corrected chi connectivity index (χ4v) is 5.71. The standard InChI is InChI=1S/C20H26N2O3S/c23-19(17-14-5-6-15(9-14)18(17)20(24)25)21-10-13-3-1-7-22(11-13)12-16-4-2-8-26-16/h2,4-6,8,13-15,17-18H,1,3,7,9-12H2,(H,21,23)(H,24,25). The van der Waals surface area contributed by atoms with E-state index in [4.69, 9.17) is 0 Å². The van der Waals surface area contributed by atoms with Gasteiger partial charge < -0.3 is 10.4 Å². The molecule has 6 heteroatoms. The SMILES string of the molecule is O=C(O)C1C2C=CC(C2)C1C(=O)NCC1CCCN(Cc2cccs2)C1. The molecule has 140 valence electrons. The van der Waals surface area contributed by atoms with Crippen LogP contribution in [0.25, 0.3) is 0 Å². The van der Waals surface area contributed by atoms with Crippen molar-refractivity contribution in [1.29, 1.82) is 0 Å². The van der Waals surface area contributed by atoms with Crippen molar-refractivity contribution in [3.63, 3.8) is 0 Å². The quantitative estimate of drug-likeness (QED) is 0.751. The Bertz CT molecular complexity index is 687. The predicted octanol–water partition coefficient (Wildman–Crippen LogP) is 2.60. The van der Waals surface area contributed by atoms with Crippen LogP contribution in [0.2, 0.25) is 0 Å². The number of rotatable bonds is 6. The molecule has 2 heterocycles. The first-order valence-corrected chi connectivity index (χ1v) is 10.4. The maximum atomic E-state index is 12.7. The van der Waals surface area contributed by atoms with Gasteiger partial charge in [-0.2, -0.15) is 0 Å². The number of carbonyl (C=O) groups is 2. The van der Waals surface area contributed by atoms with E-state index in [1.165, 1.54) is 4.88 Å². The number of nitrogens with one attached hydrogen (secondary N) is 1. The zero-order valence-electron chi connectivity index (χ0n) is 14.8. The minimum absolute atomic E-state index is 0.0317. The summed E-state index contributed by atoms with van der Waals surface area (Å²) in [4.78, 5) is 28.1. The van der Waals surface area contributed by atoms with E-state index in [1.54, 1.807) is 11.3 Å². The van der Waals surface area contributed by atoms with Crippen LogP contribution in [0.15, 0.2) is 29.7 Å². The minimum Gasteiger partial charge on any atom is -0.481 e. The zero-order valence-corrected chi connectivity index (χ0v) is 15.7. The highest BCUT2D eigenvalue weighted by molar-refractivity contribution is 7.09. The minimum atomic E-state index is -0.832. The van der Waals surface area contributed by atoms with E-state index in [9.17, 15) is 14.7 Å². The third-order valence-corrected chi connectivity index (χ3v) is 7.04. The highest BCUT2D eigenvalue weighted by Crippen LogP contribution is 2.48. The first-order valence-electron chi connectivity index (χ1n) is 9.55. The lowest BCUT2D eigenvalue weighted by Crippen LogP contribution is -2.44. The number of piperidine rings is 1. The zero-order chi connectivity index (χ0) is 18.1. The summed E-state index contributed by atoms with van der Waals surface area (Å²) in [5, 5.41) is 14.7. The Labute approximate surface area is 158 Å². The van der Waals surface area contributed by atoms with Crippen molar-refractivity contribution in [3.05, 3.63) is 34.5 Å². The normalized spacial score (nSPS) is 33.5. The van der Waals surface area contributed by atoms with Crippen molar-refractivity contribution in [2.75, 3.05) is 19.6 Å². The van der Waals surface area contributed by atoms with E-state index >= 15 is 0 Å². The topological polar surface area (TPSA) is 69.6 Å². The lowest BCUT2D eigenvalue weighted by Gasteiger charge is -2.33. The summed E-state index contributed by atoms with van der Waals surface area (Å²) < 4.78 is 0. The van der Waals surface area contributed by atoms with Gasteiger partial charge in [0.05, 0.1) is 11.8 Å². The number of carbonyl (C=O) groups excluding carboxylic acids is 1. The van der Waals surface area contributed by atoms with Crippen LogP contribution in [0.4, 0.5) is 0 Å². The van der Waals surface area contributed by atoms with Crippen LogP contribution in [0, 0.1) is 29.6 Å². The molecule has 2 fully saturated rings. The van der Waals surface area contributed by atoms with E-state index in [2.05, 4.69) is 27.7 Å². The number of nitrogens with zero attached hydrogens (tertiary/aromatic N) is 1. The highest BCUT2D eigenvalue weighted by atomic mass is 32.1. The van der Waals surface area contributed by atoms with Gasteiger partial charge in [-0.25, -0.2) is 0 Å². The number of carboxylic acid groups (broad SMARTS) is 1. The van der Waals surface area contributed by atoms with Gasteiger partial charge in [-0.05, 0) is 55.0 Å². The largest absolute Gasteiger partial charge is 0.481 e. The molecule has 4 rings (SSSR count). The van der Waals surface area contributed by atoms with Gasteiger partial charge in [0.2, 0.25) is 5.91 Å². The van der Waals surface area contributed by atoms with E-state index < -0.39 is 17.8 Å². The average molecular weight is 375 g/mol. The lowest BCUT2D eigenvalue weighted by molar-refractivity contribution is -0.147. The first-order chi connectivity index (χ1) is 12.6. The van der Waals surface area contributed by atoms with Crippen LogP contribution in [-0.2, 0) is 16.1 Å². The summed E-state index contributed by atoms with van der Waals surface area (Å²) in [6.07, 6.45) is 7.11. The number of thiophene rings is 1. The fourth-order valence-electron chi connectivity index (χ4n) is 4.96. The lowest BCUT2D eigenvalue weighted by atomic mass is 9.82. The Balaban J connectivity index is 1.30. The monoisotopic (exact) mass is 374 g/mol. The van der Waals surface area contributed by atoms with E-state index in [0.717, 1.165) is 38.9 Å². The van der Waals surface area contributed by atoms with Gasteiger partial charge in [-0.1, -0.05) is 18.2 Å². The smallest absolute Gasteiger partial charge is 0.307 e. The molecule has 5 nitrogen and oxygen atoms in total. The highest BCUT2D eigenvalue weighted by Gasteiger charge is 2.51. The predicted molar refractivity (Wildman–Crippen MR) is 101 cm³/mol. The molecule has 3 aliphatic rings. The summed E-state index contributed by atoms with van der Waals surface area (Å²) in [6, 6.07) is 4.26. The summed E-state index contributed by atoms with van der Waals surface area (Å²) in [5.74, 6) is -1.26. The summed E-state index contributed by atoms with van der Waals surface area (Å²) in [5.41, 5.74) is 0. The van der Waals surface area contributed by atoms with Crippen molar-refractivity contribution >= 4 is 23.2 Å². The summed E-state index contributed by atoms with van der Waals surface area (Å²) in [6.45, 7) is 3.75. The molecule has 0 radical (unpaired) electrons. The third-order valence-electron chi connectivity index (χ3n) is 6.17. The van der Waals surface area contributed by atoms with Crippen LogP contribution in [0.5, 0.6) is 0 Å². The molecule has 0 spiro atoms. The second-order valence-corrected chi connectivity index (χ2v) is 8.94. The van der Waals surface area contributed by atoms with Crippen LogP contribution in [-0.4, -0.2) is 41.5 Å². The second-order valence-electron chi connectivity index (χ2n) is 7.91. The molecule has 1 aromatic rings. The van der Waals surface area contributed by atoms with E-state index in [0.29, 0.717) is 12.5 Å². The summed E-state index contributed by atoms with van der Waals surface area (Å²) >= 11 is 1.79. The molecule has 5 unspecified atom stereocenters. The number of amides is 1. The molecule has 1 saturated heterocycles. The number of allylic oxidation sites excluding steroid dienone is 2. The number of likely N-dealkylation sites (tertiary alicyclic amines) is 1. The Morgan fingerprint density at radius 1 is 1.27 bits per heavy atom. The molecular formula is C20H26N2O3S. The maximum absolute atomic E-state index is 12.7. The molecule has 5 atom stereocenters. The van der Waals surface area contributed by atoms with Crippen molar-refractivity contribution in [2.45, 2.75) is 25.8 Å². The van der Waals surface area contributed by atoms with Gasteiger partial charge in [-0.15, -0.1) is 11.3 Å². The molecule has 2 N–H and O–H groups in total. The molecule has 1 aliphatic heterocycles. The molecule has 1 amide bonds. The van der Waals surface area contributed by atoms with Crippen molar-refractivity contribution in [3.8, 4) is 0 Å². The van der Waals surface area contributed by atoms with E-state index in [1.807, 2.05) is 12.2 Å². The Hall–Kier alpha value is -1.66. The molecule has 1 saturated carbocycles. The fraction of sp³-hybridized carbons (Fsp3) is 0.600. The maximum Gasteiger partial charge on any atom is 0.307 e.